The van der Waals surface area contributed by atoms with Crippen molar-refractivity contribution in [3.8, 4) is 0 Å². The molecule has 1 amide bonds. The maximum absolute atomic E-state index is 12.8. The third kappa shape index (κ3) is 5.78. The molecule has 1 aliphatic heterocycles. The fourth-order valence-electron chi connectivity index (χ4n) is 5.10. The highest BCUT2D eigenvalue weighted by Gasteiger charge is 2.53. The number of nitrogens with zero attached hydrogens (tertiary/aromatic N) is 1. The van der Waals surface area contributed by atoms with Gasteiger partial charge in [-0.3, -0.25) is 4.79 Å². The largest absolute Gasteiger partial charge is 0.481 e. The van der Waals surface area contributed by atoms with Gasteiger partial charge in [0.25, 0.3) is 8.32 Å². The Morgan fingerprint density at radius 1 is 0.914 bits per heavy atom. The van der Waals surface area contributed by atoms with E-state index in [2.05, 4.69) is 45.0 Å². The molecule has 3 rings (SSSR count). The molecule has 3 atom stereocenters. The van der Waals surface area contributed by atoms with Crippen LogP contribution < -0.4 is 10.4 Å². The summed E-state index contributed by atoms with van der Waals surface area (Å²) in [6.45, 7) is 14.4. The van der Waals surface area contributed by atoms with Crippen molar-refractivity contribution >= 4 is 30.8 Å². The van der Waals surface area contributed by atoms with E-state index in [1.807, 2.05) is 64.1 Å². The molecule has 6 nitrogen and oxygen atoms in total. The van der Waals surface area contributed by atoms with Crippen molar-refractivity contribution in [2.45, 2.75) is 65.2 Å². The van der Waals surface area contributed by atoms with E-state index in [1.165, 1.54) is 4.90 Å². The summed E-state index contributed by atoms with van der Waals surface area (Å²) in [7, 11) is -2.86. The monoisotopic (exact) mass is 497 g/mol. The summed E-state index contributed by atoms with van der Waals surface area (Å²) in [6, 6.07) is 20.6. The normalized spacial score (nSPS) is 19.9. The van der Waals surface area contributed by atoms with Gasteiger partial charge in [-0.25, -0.2) is 4.79 Å². The van der Waals surface area contributed by atoms with Crippen molar-refractivity contribution in [3.05, 3.63) is 60.7 Å². The number of carbonyl (C=O) groups excluding carboxylic acids is 1. The second kappa shape index (κ2) is 10.2. The Bertz CT molecular complexity index is 974. The maximum atomic E-state index is 12.8. The summed E-state index contributed by atoms with van der Waals surface area (Å²) in [5.74, 6) is -2.00. The van der Waals surface area contributed by atoms with Crippen LogP contribution in [0.25, 0.3) is 0 Å². The predicted molar refractivity (Wildman–Crippen MR) is 141 cm³/mol. The Morgan fingerprint density at radius 3 is 1.80 bits per heavy atom. The van der Waals surface area contributed by atoms with E-state index in [9.17, 15) is 14.7 Å². The number of carbonyl (C=O) groups is 2. The van der Waals surface area contributed by atoms with Crippen LogP contribution in [0.5, 0.6) is 0 Å². The van der Waals surface area contributed by atoms with Gasteiger partial charge in [0, 0.05) is 25.1 Å². The average Bonchev–Trinajstić information content (AvgIpc) is 3.23. The summed E-state index contributed by atoms with van der Waals surface area (Å²) >= 11 is 0. The van der Waals surface area contributed by atoms with Crippen LogP contribution in [0.2, 0.25) is 5.04 Å². The van der Waals surface area contributed by atoms with E-state index in [0.29, 0.717) is 0 Å². The van der Waals surface area contributed by atoms with Crippen LogP contribution in [0.3, 0.4) is 0 Å². The molecule has 190 valence electrons. The third-order valence-corrected chi connectivity index (χ3v) is 11.8. The minimum absolute atomic E-state index is 0.114. The van der Waals surface area contributed by atoms with E-state index in [-0.39, 0.29) is 24.0 Å². The maximum Gasteiger partial charge on any atom is 0.410 e. The van der Waals surface area contributed by atoms with Gasteiger partial charge in [0.05, 0.1) is 5.92 Å². The molecule has 7 heteroatoms. The smallest absolute Gasteiger partial charge is 0.410 e. The molecule has 1 heterocycles. The summed E-state index contributed by atoms with van der Waals surface area (Å²) < 4.78 is 12.7. The molecule has 2 aromatic carbocycles. The summed E-state index contributed by atoms with van der Waals surface area (Å²) in [5, 5.41) is 12.1. The van der Waals surface area contributed by atoms with Crippen molar-refractivity contribution in [1.29, 1.82) is 0 Å². The lowest BCUT2D eigenvalue weighted by Crippen LogP contribution is -2.68. The summed E-state index contributed by atoms with van der Waals surface area (Å²) in [4.78, 5) is 26.5. The Kier molecular flexibility index (Phi) is 7.82. The van der Waals surface area contributed by atoms with Gasteiger partial charge in [-0.15, -0.1) is 0 Å². The molecule has 0 radical (unpaired) electrons. The molecule has 35 heavy (non-hydrogen) atoms. The number of ether oxygens (including phenoxy) is 1. The van der Waals surface area contributed by atoms with Crippen LogP contribution >= 0.6 is 0 Å². The van der Waals surface area contributed by atoms with Gasteiger partial charge in [0.15, 0.2) is 0 Å². The number of carboxylic acid groups (broad SMARTS) is 1. The predicted octanol–water partition coefficient (Wildman–Crippen LogP) is 4.52. The van der Waals surface area contributed by atoms with Crippen LogP contribution in [0.1, 0.15) is 48.5 Å². The number of hydrogen-bond acceptors (Lipinski definition) is 4. The van der Waals surface area contributed by atoms with E-state index in [0.717, 1.165) is 10.4 Å². The third-order valence-electron chi connectivity index (χ3n) is 6.72. The van der Waals surface area contributed by atoms with Gasteiger partial charge in [0.2, 0.25) is 0 Å². The molecule has 1 fully saturated rings. The van der Waals surface area contributed by atoms with Crippen LogP contribution in [-0.2, 0) is 14.0 Å². The van der Waals surface area contributed by atoms with Gasteiger partial charge < -0.3 is 19.2 Å². The first-order valence-corrected chi connectivity index (χ1v) is 14.2. The Labute approximate surface area is 210 Å². The zero-order valence-corrected chi connectivity index (χ0v) is 22.9. The van der Waals surface area contributed by atoms with Crippen molar-refractivity contribution < 1.29 is 23.9 Å². The highest BCUT2D eigenvalue weighted by atomic mass is 28.4. The number of likely N-dealkylation sites (tertiary alicyclic amines) is 1. The number of benzene rings is 2. The lowest BCUT2D eigenvalue weighted by molar-refractivity contribution is -0.143. The lowest BCUT2D eigenvalue weighted by Gasteiger charge is -2.45. The minimum Gasteiger partial charge on any atom is -0.481 e. The fourth-order valence-corrected chi connectivity index (χ4v) is 9.85. The molecule has 1 aliphatic rings. The Balaban J connectivity index is 2.01. The standard InChI is InChI=1S/C28H39NO5Si/c1-20(23-18-29(19-24(23)25(30)31)26(32)33-27(2,3)4)34-35(28(5,6)7,21-14-10-8-11-15-21)22-16-12-9-13-17-22/h8-17,20,23-24H,18-19H2,1-7H3,(H,30,31)/t20-,23-,24+/m0/s1. The van der Waals surface area contributed by atoms with Gasteiger partial charge in [-0.1, -0.05) is 81.4 Å². The Hall–Kier alpha value is -2.64. The SMILES string of the molecule is C[C@H](O[Si](c1ccccc1)(c1ccccc1)C(C)(C)C)[C@@H]1CN(C(=O)OC(C)(C)C)C[C@H]1C(=O)O. The van der Waals surface area contributed by atoms with E-state index >= 15 is 0 Å². The molecule has 1 saturated heterocycles. The number of aliphatic carboxylic acids is 1. The topological polar surface area (TPSA) is 76.1 Å². The zero-order chi connectivity index (χ0) is 26.0. The number of carboxylic acids is 1. The quantitative estimate of drug-likeness (QED) is 0.594. The molecule has 0 aliphatic carbocycles. The molecule has 0 saturated carbocycles. The van der Waals surface area contributed by atoms with E-state index in [4.69, 9.17) is 9.16 Å². The first-order chi connectivity index (χ1) is 16.3. The van der Waals surface area contributed by atoms with Crippen LogP contribution in [0.15, 0.2) is 60.7 Å². The van der Waals surface area contributed by atoms with Crippen molar-refractivity contribution in [2.24, 2.45) is 11.8 Å². The van der Waals surface area contributed by atoms with E-state index < -0.39 is 38.0 Å². The molecule has 0 aromatic heterocycles. The van der Waals surface area contributed by atoms with Gasteiger partial charge in [-0.2, -0.15) is 0 Å². The second-order valence-corrected chi connectivity index (χ2v) is 15.7. The van der Waals surface area contributed by atoms with E-state index in [1.54, 1.807) is 0 Å². The fraction of sp³-hybridized carbons (Fsp3) is 0.500. The summed E-state index contributed by atoms with van der Waals surface area (Å²) in [5.41, 5.74) is -0.648. The first-order valence-electron chi connectivity index (χ1n) is 12.3. The van der Waals surface area contributed by atoms with Crippen LogP contribution in [-0.4, -0.2) is 55.2 Å². The lowest BCUT2D eigenvalue weighted by atomic mass is 9.92. The van der Waals surface area contributed by atoms with Gasteiger partial charge in [0.1, 0.15) is 5.60 Å². The molecule has 0 spiro atoms. The van der Waals surface area contributed by atoms with Gasteiger partial charge in [-0.05, 0) is 43.1 Å². The van der Waals surface area contributed by atoms with Crippen LogP contribution in [0, 0.1) is 11.8 Å². The van der Waals surface area contributed by atoms with Gasteiger partial charge >= 0.3 is 12.1 Å². The molecular formula is C28H39NO5Si. The Morgan fingerprint density at radius 2 is 1.40 bits per heavy atom. The number of hydrogen-bond donors (Lipinski definition) is 1. The molecular weight excluding hydrogens is 458 g/mol. The average molecular weight is 498 g/mol. The van der Waals surface area contributed by atoms with Crippen molar-refractivity contribution in [2.75, 3.05) is 13.1 Å². The molecule has 2 aromatic rings. The molecule has 0 unspecified atom stereocenters. The summed E-state index contributed by atoms with van der Waals surface area (Å²) in [6.07, 6.45) is -0.876. The minimum atomic E-state index is -2.86. The zero-order valence-electron chi connectivity index (χ0n) is 21.9. The molecule has 1 N–H and O–H groups in total. The van der Waals surface area contributed by atoms with Crippen molar-refractivity contribution in [3.63, 3.8) is 0 Å². The second-order valence-electron chi connectivity index (χ2n) is 11.5. The highest BCUT2D eigenvalue weighted by Crippen LogP contribution is 2.40. The number of rotatable bonds is 6. The highest BCUT2D eigenvalue weighted by molar-refractivity contribution is 6.99. The van der Waals surface area contributed by atoms with Crippen molar-refractivity contribution in [1.82, 2.24) is 4.90 Å². The molecule has 0 bridgehead atoms. The first kappa shape index (κ1) is 27.0. The van der Waals surface area contributed by atoms with Crippen LogP contribution in [0.4, 0.5) is 4.79 Å². The number of amides is 1.